The summed E-state index contributed by atoms with van der Waals surface area (Å²) in [5, 5.41) is 1.17. The lowest BCUT2D eigenvalue weighted by Gasteiger charge is -2.24. The van der Waals surface area contributed by atoms with Crippen molar-refractivity contribution in [2.45, 2.75) is 53.4 Å². The molecule has 0 aromatic heterocycles. The van der Waals surface area contributed by atoms with Gasteiger partial charge in [0.05, 0.1) is 0 Å². The highest BCUT2D eigenvalue weighted by Gasteiger charge is 2.16. The van der Waals surface area contributed by atoms with Crippen molar-refractivity contribution in [2.75, 3.05) is 5.33 Å². The second-order valence-corrected chi connectivity index (χ2v) is 5.13. The highest BCUT2D eigenvalue weighted by Crippen LogP contribution is 2.29. The first-order valence-corrected chi connectivity index (χ1v) is 6.23. The van der Waals surface area contributed by atoms with Crippen LogP contribution in [0.25, 0.3) is 0 Å². The summed E-state index contributed by atoms with van der Waals surface area (Å²) in [6.45, 7) is 9.31. The van der Waals surface area contributed by atoms with Gasteiger partial charge in [-0.2, -0.15) is 0 Å². The van der Waals surface area contributed by atoms with E-state index in [1.54, 1.807) is 0 Å². The van der Waals surface area contributed by atoms with Crippen molar-refractivity contribution < 1.29 is 0 Å². The van der Waals surface area contributed by atoms with Gasteiger partial charge >= 0.3 is 0 Å². The fraction of sp³-hybridized carbons (Fsp3) is 1.00. The van der Waals surface area contributed by atoms with Crippen LogP contribution in [0.4, 0.5) is 0 Å². The average Bonchev–Trinajstić information content (AvgIpc) is 2.06. The molecule has 0 heterocycles. The number of hydrogen-bond donors (Lipinski definition) is 0. The summed E-state index contributed by atoms with van der Waals surface area (Å²) in [7, 11) is 0. The molecule has 0 aliphatic carbocycles. The molecular weight excluding hydrogens is 212 g/mol. The highest BCUT2D eigenvalue weighted by molar-refractivity contribution is 9.09. The summed E-state index contributed by atoms with van der Waals surface area (Å²) in [5.41, 5.74) is 0.551. The van der Waals surface area contributed by atoms with Gasteiger partial charge in [-0.1, -0.05) is 56.5 Å². The van der Waals surface area contributed by atoms with Crippen LogP contribution in [0.5, 0.6) is 0 Å². The number of alkyl halides is 1. The fourth-order valence-corrected chi connectivity index (χ4v) is 1.94. The summed E-state index contributed by atoms with van der Waals surface area (Å²) in [5.74, 6) is 0.885. The Kier molecular flexibility index (Phi) is 6.25. The number of hydrogen-bond acceptors (Lipinski definition) is 0. The van der Waals surface area contributed by atoms with E-state index in [-0.39, 0.29) is 0 Å². The minimum absolute atomic E-state index is 0.551. The number of rotatable bonds is 6. The molecule has 0 saturated heterocycles. The molecule has 1 unspecified atom stereocenters. The predicted molar refractivity (Wildman–Crippen MR) is 60.9 cm³/mol. The maximum atomic E-state index is 3.57. The Labute approximate surface area is 86.3 Å². The van der Waals surface area contributed by atoms with Crippen LogP contribution in [0.3, 0.4) is 0 Å². The molecule has 0 nitrogen and oxygen atoms in total. The maximum Gasteiger partial charge on any atom is 0.00595 e. The quantitative estimate of drug-likeness (QED) is 0.589. The van der Waals surface area contributed by atoms with Crippen LogP contribution in [-0.4, -0.2) is 5.33 Å². The lowest BCUT2D eigenvalue weighted by atomic mass is 9.82. The van der Waals surface area contributed by atoms with E-state index in [0.717, 1.165) is 5.92 Å². The first-order valence-electron chi connectivity index (χ1n) is 5.11. The van der Waals surface area contributed by atoms with Gasteiger partial charge in [0.1, 0.15) is 0 Å². The minimum atomic E-state index is 0.551. The van der Waals surface area contributed by atoms with Gasteiger partial charge in [-0.15, -0.1) is 0 Å². The normalized spacial score (nSPS) is 14.8. The molecule has 0 aromatic carbocycles. The van der Waals surface area contributed by atoms with Gasteiger partial charge in [0.25, 0.3) is 0 Å². The lowest BCUT2D eigenvalue weighted by molar-refractivity contribution is 0.288. The molecule has 12 heavy (non-hydrogen) atoms. The molecule has 74 valence electrons. The molecule has 0 saturated carbocycles. The van der Waals surface area contributed by atoms with E-state index in [0.29, 0.717) is 5.41 Å². The van der Waals surface area contributed by atoms with Gasteiger partial charge in [0.2, 0.25) is 0 Å². The highest BCUT2D eigenvalue weighted by atomic mass is 79.9. The van der Waals surface area contributed by atoms with E-state index in [4.69, 9.17) is 0 Å². The molecule has 1 heteroatoms. The van der Waals surface area contributed by atoms with E-state index in [9.17, 15) is 0 Å². The van der Waals surface area contributed by atoms with Crippen molar-refractivity contribution >= 4 is 15.9 Å². The van der Waals surface area contributed by atoms with Crippen LogP contribution in [0.15, 0.2) is 0 Å². The van der Waals surface area contributed by atoms with Crippen LogP contribution in [0.1, 0.15) is 53.4 Å². The second kappa shape index (κ2) is 6.01. The summed E-state index contributed by atoms with van der Waals surface area (Å²) < 4.78 is 0. The van der Waals surface area contributed by atoms with Crippen molar-refractivity contribution in [2.24, 2.45) is 11.3 Å². The van der Waals surface area contributed by atoms with E-state index in [2.05, 4.69) is 43.6 Å². The third-order valence-electron chi connectivity index (χ3n) is 2.98. The molecule has 0 aliphatic rings. The Morgan fingerprint density at radius 2 is 1.83 bits per heavy atom. The van der Waals surface area contributed by atoms with Crippen LogP contribution in [0.2, 0.25) is 0 Å². The molecule has 0 radical (unpaired) electrons. The Hall–Kier alpha value is 0.480. The molecular formula is C11H23Br. The number of halogens is 1. The fourth-order valence-electron chi connectivity index (χ4n) is 1.16. The Bertz CT molecular complexity index is 104. The zero-order chi connectivity index (χ0) is 9.61. The van der Waals surface area contributed by atoms with Crippen LogP contribution >= 0.6 is 15.9 Å². The van der Waals surface area contributed by atoms with Gasteiger partial charge in [0, 0.05) is 5.33 Å². The van der Waals surface area contributed by atoms with Gasteiger partial charge in [-0.05, 0) is 24.2 Å². The van der Waals surface area contributed by atoms with Crippen molar-refractivity contribution in [1.29, 1.82) is 0 Å². The summed E-state index contributed by atoms with van der Waals surface area (Å²) in [6, 6.07) is 0. The van der Waals surface area contributed by atoms with E-state index >= 15 is 0 Å². The van der Waals surface area contributed by atoms with E-state index in [1.807, 2.05) is 0 Å². The standard InChI is InChI=1S/C11H23Br/c1-5-10(9-12)7-8-11(3,4)6-2/h10H,5-9H2,1-4H3. The maximum absolute atomic E-state index is 3.57. The monoisotopic (exact) mass is 234 g/mol. The molecule has 0 aromatic rings. The lowest BCUT2D eigenvalue weighted by Crippen LogP contribution is -2.12. The molecule has 0 fully saturated rings. The minimum Gasteiger partial charge on any atom is -0.0925 e. The topological polar surface area (TPSA) is 0 Å². The van der Waals surface area contributed by atoms with Gasteiger partial charge in [-0.3, -0.25) is 0 Å². The molecule has 0 amide bonds. The summed E-state index contributed by atoms with van der Waals surface area (Å²) in [6.07, 6.45) is 5.35. The third kappa shape index (κ3) is 5.18. The summed E-state index contributed by atoms with van der Waals surface area (Å²) in [4.78, 5) is 0. The van der Waals surface area contributed by atoms with Crippen LogP contribution in [-0.2, 0) is 0 Å². The zero-order valence-electron chi connectivity index (χ0n) is 8.99. The van der Waals surface area contributed by atoms with Crippen molar-refractivity contribution in [3.05, 3.63) is 0 Å². The van der Waals surface area contributed by atoms with Crippen molar-refractivity contribution in [3.8, 4) is 0 Å². The van der Waals surface area contributed by atoms with Gasteiger partial charge in [-0.25, -0.2) is 0 Å². The van der Waals surface area contributed by atoms with E-state index < -0.39 is 0 Å². The Morgan fingerprint density at radius 1 is 1.25 bits per heavy atom. The molecule has 0 aliphatic heterocycles. The Morgan fingerprint density at radius 3 is 2.17 bits per heavy atom. The SMILES string of the molecule is CCC(CBr)CCC(C)(C)CC. The molecule has 0 N–H and O–H groups in total. The predicted octanol–water partition coefficient (Wildman–Crippen LogP) is 4.62. The molecule has 0 spiro atoms. The van der Waals surface area contributed by atoms with Gasteiger partial charge < -0.3 is 0 Å². The molecule has 0 bridgehead atoms. The first kappa shape index (κ1) is 12.5. The molecule has 1 atom stereocenters. The third-order valence-corrected chi connectivity index (χ3v) is 3.90. The van der Waals surface area contributed by atoms with Crippen molar-refractivity contribution in [3.63, 3.8) is 0 Å². The van der Waals surface area contributed by atoms with Gasteiger partial charge in [0.15, 0.2) is 0 Å². The smallest absolute Gasteiger partial charge is 0.00595 e. The molecule has 0 rings (SSSR count). The van der Waals surface area contributed by atoms with Crippen LogP contribution < -0.4 is 0 Å². The van der Waals surface area contributed by atoms with Crippen molar-refractivity contribution in [1.82, 2.24) is 0 Å². The van der Waals surface area contributed by atoms with Crippen LogP contribution in [0, 0.1) is 11.3 Å². The zero-order valence-corrected chi connectivity index (χ0v) is 10.6. The first-order chi connectivity index (χ1) is 5.55. The second-order valence-electron chi connectivity index (χ2n) is 4.49. The summed E-state index contributed by atoms with van der Waals surface area (Å²) >= 11 is 3.57. The Balaban J connectivity index is 3.65. The largest absolute Gasteiger partial charge is 0.0925 e. The average molecular weight is 235 g/mol. The van der Waals surface area contributed by atoms with E-state index in [1.165, 1.54) is 31.0 Å².